The van der Waals surface area contributed by atoms with Crippen molar-refractivity contribution in [2.24, 2.45) is 16.2 Å². The second-order valence-electron chi connectivity index (χ2n) is 20.7. The number of ether oxygens (including phenoxy) is 1. The predicted molar refractivity (Wildman–Crippen MR) is 221 cm³/mol. The Morgan fingerprint density at radius 3 is 1.26 bits per heavy atom. The highest BCUT2D eigenvalue weighted by Gasteiger charge is 2.32. The van der Waals surface area contributed by atoms with Crippen LogP contribution in [0.4, 0.5) is 0 Å². The van der Waals surface area contributed by atoms with Crippen molar-refractivity contribution < 1.29 is 33.5 Å². The summed E-state index contributed by atoms with van der Waals surface area (Å²) >= 11 is 0. The number of rotatable bonds is 12. The monoisotopic (exact) mass is 770 g/mol. The molecule has 0 saturated carbocycles. The van der Waals surface area contributed by atoms with E-state index in [4.69, 9.17) is 4.74 Å². The molecule has 4 atom stereocenters. The van der Waals surface area contributed by atoms with Crippen LogP contribution in [0.3, 0.4) is 0 Å². The molecule has 0 fully saturated rings. The number of nitrogens with zero attached hydrogens (tertiary/aromatic N) is 2. The molecule has 2 amide bonds. The number of likely N-dealkylation sites (N-methyl/N-ethyl adjacent to an activating group) is 2. The molecule has 318 valence electrons. The molecular formula is C42H83N5O7. The Morgan fingerprint density at radius 2 is 0.926 bits per heavy atom. The van der Waals surface area contributed by atoms with Crippen molar-refractivity contribution in [3.05, 3.63) is 0 Å². The first kappa shape index (κ1) is 55.6. The van der Waals surface area contributed by atoms with E-state index in [2.05, 4.69) is 36.7 Å². The van der Waals surface area contributed by atoms with Crippen LogP contribution in [0, 0.1) is 16.2 Å². The van der Waals surface area contributed by atoms with Crippen LogP contribution in [0.25, 0.3) is 0 Å². The molecule has 0 radical (unpaired) electrons. The van der Waals surface area contributed by atoms with E-state index in [0.29, 0.717) is 6.54 Å². The van der Waals surface area contributed by atoms with Crippen LogP contribution in [-0.4, -0.2) is 113 Å². The summed E-state index contributed by atoms with van der Waals surface area (Å²) < 4.78 is 5.20. The number of ketones is 3. The molecule has 0 bridgehead atoms. The maximum Gasteiger partial charge on any atom is 0.323 e. The van der Waals surface area contributed by atoms with E-state index < -0.39 is 40.4 Å². The first-order chi connectivity index (χ1) is 23.5. The van der Waals surface area contributed by atoms with Gasteiger partial charge in [-0.15, -0.1) is 0 Å². The van der Waals surface area contributed by atoms with E-state index in [-0.39, 0.29) is 58.4 Å². The van der Waals surface area contributed by atoms with E-state index in [1.54, 1.807) is 34.7 Å². The number of esters is 1. The van der Waals surface area contributed by atoms with Gasteiger partial charge >= 0.3 is 5.97 Å². The van der Waals surface area contributed by atoms with Crippen molar-refractivity contribution in [3.63, 3.8) is 0 Å². The Balaban J connectivity index is -0.000000722. The average molecular weight is 770 g/mol. The standard InChI is InChI=1S/2C14H28N2O2.C14H27NO3/c1-13(2,3)11(17)9-15(7)12(18)10-16(8)14(4,5)6;1-9(11(17)13(3,4)5)15-12(18)10(2)16-14(6,7)8;1-9(15-14(6,7)8)12(17)18-10(2)11(16)13(3,4)5/h9-10H2,1-8H3;9-10,16H,1-8H3,(H,15,18);9-10,15H,1-8H3/t;2*9-,10-/m.00/s1. The summed E-state index contributed by atoms with van der Waals surface area (Å²) in [5.41, 5.74) is -1.69. The lowest BCUT2D eigenvalue weighted by Crippen LogP contribution is -2.53. The SMILES string of the molecule is CN(CC(=O)C(C)(C)C)C(=O)CN(C)C(C)(C)C.C[C@H](NC(C)(C)C)C(=O)N[C@@H](C)C(=O)C(C)(C)C.C[C@H](NC(C)(C)C)C(=O)O[C@@H](C)C(=O)C(C)(C)C. The lowest BCUT2D eigenvalue weighted by atomic mass is 9.87. The molecule has 0 unspecified atom stereocenters. The van der Waals surface area contributed by atoms with Gasteiger partial charge in [0.15, 0.2) is 23.5 Å². The van der Waals surface area contributed by atoms with Gasteiger partial charge in [-0.2, -0.15) is 0 Å². The summed E-state index contributed by atoms with van der Waals surface area (Å²) in [7, 11) is 3.60. The van der Waals surface area contributed by atoms with Crippen LogP contribution < -0.4 is 16.0 Å². The molecule has 0 aliphatic rings. The molecule has 12 nitrogen and oxygen atoms in total. The summed E-state index contributed by atoms with van der Waals surface area (Å²) in [6.45, 7) is 42.1. The number of Topliss-reactive ketones (excluding diaryl/α,β-unsaturated/α-hetero) is 3. The lowest BCUT2D eigenvalue weighted by molar-refractivity contribution is -0.158. The normalized spacial score (nSPS) is 14.9. The summed E-state index contributed by atoms with van der Waals surface area (Å²) in [6, 6.07) is -1.21. The first-order valence-corrected chi connectivity index (χ1v) is 19.2. The van der Waals surface area contributed by atoms with Gasteiger partial charge in [0, 0.05) is 39.9 Å². The van der Waals surface area contributed by atoms with Gasteiger partial charge in [-0.25, -0.2) is 0 Å². The zero-order valence-electron chi connectivity index (χ0n) is 39.0. The van der Waals surface area contributed by atoms with Gasteiger partial charge in [0.1, 0.15) is 6.04 Å². The highest BCUT2D eigenvalue weighted by molar-refractivity contribution is 5.93. The molecule has 0 aromatic rings. The minimum absolute atomic E-state index is 0.0231. The number of hydrogen-bond donors (Lipinski definition) is 3. The quantitative estimate of drug-likeness (QED) is 0.202. The Labute approximate surface area is 330 Å². The Hall–Kier alpha value is -2.70. The van der Waals surface area contributed by atoms with Crippen molar-refractivity contribution in [2.45, 2.75) is 193 Å². The molecule has 0 saturated heterocycles. The van der Waals surface area contributed by atoms with Crippen molar-refractivity contribution in [2.75, 3.05) is 27.2 Å². The van der Waals surface area contributed by atoms with Gasteiger partial charge in [0.2, 0.25) is 11.8 Å². The molecule has 3 N–H and O–H groups in total. The van der Waals surface area contributed by atoms with E-state index in [1.807, 2.05) is 116 Å². The molecule has 0 aliphatic heterocycles. The highest BCUT2D eigenvalue weighted by Crippen LogP contribution is 2.19. The van der Waals surface area contributed by atoms with Crippen LogP contribution >= 0.6 is 0 Å². The van der Waals surface area contributed by atoms with E-state index in [0.717, 1.165) is 0 Å². The topological polar surface area (TPSA) is 154 Å². The largest absolute Gasteiger partial charge is 0.453 e. The fourth-order valence-electron chi connectivity index (χ4n) is 4.52. The first-order valence-electron chi connectivity index (χ1n) is 19.2. The van der Waals surface area contributed by atoms with E-state index in [1.165, 1.54) is 4.90 Å². The van der Waals surface area contributed by atoms with Crippen LogP contribution in [0.2, 0.25) is 0 Å². The van der Waals surface area contributed by atoms with Gasteiger partial charge in [0.05, 0.1) is 25.2 Å². The molecule has 0 spiro atoms. The molecule has 0 heterocycles. The third kappa shape index (κ3) is 25.4. The maximum atomic E-state index is 12.0. The molecule has 12 heteroatoms. The molecular weight excluding hydrogens is 686 g/mol. The summed E-state index contributed by atoms with van der Waals surface area (Å²) in [5.74, 6) is -0.510. The van der Waals surface area contributed by atoms with Crippen molar-refractivity contribution in [1.82, 2.24) is 25.8 Å². The van der Waals surface area contributed by atoms with Crippen molar-refractivity contribution >= 4 is 35.1 Å². The minimum atomic E-state index is -0.707. The van der Waals surface area contributed by atoms with Crippen LogP contribution in [0.15, 0.2) is 0 Å². The fraction of sp³-hybridized carbons (Fsp3) is 0.857. The van der Waals surface area contributed by atoms with Crippen LogP contribution in [-0.2, 0) is 33.5 Å². The van der Waals surface area contributed by atoms with Gasteiger partial charge in [-0.05, 0) is 97.1 Å². The zero-order chi connectivity index (χ0) is 44.2. The Kier molecular flexibility index (Phi) is 22.2. The lowest BCUT2D eigenvalue weighted by Gasteiger charge is -2.32. The van der Waals surface area contributed by atoms with E-state index >= 15 is 0 Å². The van der Waals surface area contributed by atoms with Crippen LogP contribution in [0.1, 0.15) is 152 Å². The zero-order valence-corrected chi connectivity index (χ0v) is 39.0. The van der Waals surface area contributed by atoms with Crippen molar-refractivity contribution in [1.29, 1.82) is 0 Å². The van der Waals surface area contributed by atoms with Crippen LogP contribution in [0.5, 0.6) is 0 Å². The van der Waals surface area contributed by atoms with Gasteiger partial charge < -0.3 is 20.3 Å². The number of nitrogens with one attached hydrogen (secondary N) is 3. The smallest absolute Gasteiger partial charge is 0.323 e. The third-order valence-electron chi connectivity index (χ3n) is 8.10. The highest BCUT2D eigenvalue weighted by atomic mass is 16.5. The maximum absolute atomic E-state index is 12.0. The van der Waals surface area contributed by atoms with Gasteiger partial charge in [0.25, 0.3) is 0 Å². The fourth-order valence-corrected chi connectivity index (χ4v) is 4.52. The Morgan fingerprint density at radius 1 is 0.537 bits per heavy atom. The number of amides is 2. The van der Waals surface area contributed by atoms with E-state index in [9.17, 15) is 28.8 Å². The predicted octanol–water partition coefficient (Wildman–Crippen LogP) is 5.98. The molecule has 0 aromatic carbocycles. The average Bonchev–Trinajstić information content (AvgIpc) is 2.92. The van der Waals surface area contributed by atoms with Crippen molar-refractivity contribution in [3.8, 4) is 0 Å². The summed E-state index contributed by atoms with van der Waals surface area (Å²) in [4.78, 5) is 75.0. The number of carbonyl (C=O) groups is 6. The second kappa shape index (κ2) is 21.6. The number of carbonyl (C=O) groups excluding carboxylic acids is 6. The molecule has 0 aromatic heterocycles. The molecule has 54 heavy (non-hydrogen) atoms. The second-order valence-corrected chi connectivity index (χ2v) is 20.7. The number of hydrogen-bond acceptors (Lipinski definition) is 10. The van der Waals surface area contributed by atoms with Gasteiger partial charge in [-0.1, -0.05) is 62.3 Å². The summed E-state index contributed by atoms with van der Waals surface area (Å²) in [5, 5.41) is 9.05. The summed E-state index contributed by atoms with van der Waals surface area (Å²) in [6.07, 6.45) is -0.707. The molecule has 0 aliphatic carbocycles. The van der Waals surface area contributed by atoms with Gasteiger partial charge in [-0.3, -0.25) is 39.0 Å². The molecule has 0 rings (SSSR count). The Bertz CT molecular complexity index is 1170. The minimum Gasteiger partial charge on any atom is -0.453 e. The third-order valence-corrected chi connectivity index (χ3v) is 8.10.